The fourth-order valence-electron chi connectivity index (χ4n) is 2.30. The molecule has 2 N–H and O–H groups in total. The number of nitrogens with zero attached hydrogens (tertiary/aromatic N) is 3. The zero-order chi connectivity index (χ0) is 17.8. The summed E-state index contributed by atoms with van der Waals surface area (Å²) in [6, 6.07) is 12.9. The zero-order valence-electron chi connectivity index (χ0n) is 14.0. The summed E-state index contributed by atoms with van der Waals surface area (Å²) in [4.78, 5) is 18.5. The van der Waals surface area contributed by atoms with E-state index in [9.17, 15) is 4.79 Å². The number of pyridine rings is 1. The van der Waals surface area contributed by atoms with Gasteiger partial charge in [-0.2, -0.15) is 5.10 Å². The Balaban J connectivity index is 1.64. The number of aromatic amines is 1. The fraction of sp³-hybridized carbons (Fsp3) is 0.167. The molecule has 0 aliphatic heterocycles. The molecule has 0 spiro atoms. The second-order valence-electron chi connectivity index (χ2n) is 5.78. The highest BCUT2D eigenvalue weighted by Gasteiger charge is 2.11. The van der Waals surface area contributed by atoms with Gasteiger partial charge in [-0.15, -0.1) is 0 Å². The molecule has 0 unspecified atom stereocenters. The van der Waals surface area contributed by atoms with E-state index in [-0.39, 0.29) is 5.91 Å². The molecule has 0 saturated heterocycles. The maximum absolute atomic E-state index is 12.3. The number of anilines is 1. The van der Waals surface area contributed by atoms with Gasteiger partial charge >= 0.3 is 0 Å². The minimum absolute atomic E-state index is 0.225. The summed E-state index contributed by atoms with van der Waals surface area (Å²) >= 11 is 5.99. The van der Waals surface area contributed by atoms with Crippen LogP contribution in [0.1, 0.15) is 16.1 Å². The normalized spacial score (nSPS) is 10.5. The summed E-state index contributed by atoms with van der Waals surface area (Å²) < 4.78 is 0. The molecule has 128 valence electrons. The van der Waals surface area contributed by atoms with Crippen LogP contribution in [0, 0.1) is 0 Å². The van der Waals surface area contributed by atoms with Gasteiger partial charge in [0.15, 0.2) is 0 Å². The number of amides is 1. The van der Waals surface area contributed by atoms with Crippen LogP contribution in [0.4, 0.5) is 5.82 Å². The molecule has 25 heavy (non-hydrogen) atoms. The van der Waals surface area contributed by atoms with Gasteiger partial charge < -0.3 is 10.2 Å². The molecule has 0 aliphatic carbocycles. The van der Waals surface area contributed by atoms with Crippen LogP contribution in [0.15, 0.2) is 48.7 Å². The molecule has 3 rings (SSSR count). The second-order valence-corrected chi connectivity index (χ2v) is 6.22. The van der Waals surface area contributed by atoms with Crippen LogP contribution in [0.3, 0.4) is 0 Å². The summed E-state index contributed by atoms with van der Waals surface area (Å²) in [5.74, 6) is 0.646. The molecule has 2 aromatic heterocycles. The van der Waals surface area contributed by atoms with Gasteiger partial charge in [-0.3, -0.25) is 9.89 Å². The Bertz CT molecular complexity index is 873. The van der Waals surface area contributed by atoms with Crippen molar-refractivity contribution in [3.8, 4) is 11.3 Å². The van der Waals surface area contributed by atoms with Crippen molar-refractivity contribution in [2.45, 2.75) is 6.54 Å². The Morgan fingerprint density at radius 2 is 2.08 bits per heavy atom. The van der Waals surface area contributed by atoms with E-state index in [1.54, 1.807) is 24.4 Å². The Kier molecular flexibility index (Phi) is 5.00. The monoisotopic (exact) mass is 355 g/mol. The summed E-state index contributed by atoms with van der Waals surface area (Å²) in [6.45, 7) is 0.394. The van der Waals surface area contributed by atoms with E-state index in [4.69, 9.17) is 11.6 Å². The van der Waals surface area contributed by atoms with Crippen LogP contribution in [-0.4, -0.2) is 35.2 Å². The average molecular weight is 356 g/mol. The van der Waals surface area contributed by atoms with Crippen molar-refractivity contribution in [3.05, 3.63) is 64.9 Å². The lowest BCUT2D eigenvalue weighted by Crippen LogP contribution is -2.23. The molecule has 0 radical (unpaired) electrons. The SMILES string of the molecule is CN(C)c1ccc(CNC(=O)c2cc(-c3cccc(Cl)c3)n[nH]2)cn1. The number of hydrogen-bond donors (Lipinski definition) is 2. The van der Waals surface area contributed by atoms with Crippen LogP contribution in [-0.2, 0) is 6.54 Å². The van der Waals surface area contributed by atoms with Crippen LogP contribution in [0.5, 0.6) is 0 Å². The highest BCUT2D eigenvalue weighted by Crippen LogP contribution is 2.21. The van der Waals surface area contributed by atoms with Gasteiger partial charge in [0.05, 0.1) is 5.69 Å². The number of carbonyl (C=O) groups is 1. The first-order chi connectivity index (χ1) is 12.0. The lowest BCUT2D eigenvalue weighted by molar-refractivity contribution is 0.0946. The average Bonchev–Trinajstić information content (AvgIpc) is 3.10. The smallest absolute Gasteiger partial charge is 0.269 e. The number of hydrogen-bond acceptors (Lipinski definition) is 4. The van der Waals surface area contributed by atoms with Crippen molar-refractivity contribution < 1.29 is 4.79 Å². The summed E-state index contributed by atoms with van der Waals surface area (Å²) in [6.07, 6.45) is 1.75. The van der Waals surface area contributed by atoms with Gasteiger partial charge in [-0.05, 0) is 29.8 Å². The molecule has 0 bridgehead atoms. The maximum Gasteiger partial charge on any atom is 0.269 e. The molecule has 6 nitrogen and oxygen atoms in total. The minimum atomic E-state index is -0.225. The number of rotatable bonds is 5. The number of nitrogens with one attached hydrogen (secondary N) is 2. The van der Waals surface area contributed by atoms with E-state index in [1.165, 1.54) is 0 Å². The van der Waals surface area contributed by atoms with Crippen molar-refractivity contribution in [3.63, 3.8) is 0 Å². The lowest BCUT2D eigenvalue weighted by Gasteiger charge is -2.11. The standard InChI is InChI=1S/C18H18ClN5O/c1-24(2)17-7-6-12(10-20-17)11-21-18(25)16-9-15(22-23-16)13-4-3-5-14(19)8-13/h3-10H,11H2,1-2H3,(H,21,25)(H,22,23). The van der Waals surface area contributed by atoms with E-state index >= 15 is 0 Å². The molecule has 3 aromatic rings. The third-order valence-corrected chi connectivity index (χ3v) is 3.90. The van der Waals surface area contributed by atoms with E-state index < -0.39 is 0 Å². The summed E-state index contributed by atoms with van der Waals surface area (Å²) in [5, 5.41) is 10.4. The van der Waals surface area contributed by atoms with Crippen molar-refractivity contribution in [2.75, 3.05) is 19.0 Å². The van der Waals surface area contributed by atoms with Crippen molar-refractivity contribution >= 4 is 23.3 Å². The number of carbonyl (C=O) groups excluding carboxylic acids is 1. The molecular formula is C18H18ClN5O. The Morgan fingerprint density at radius 3 is 2.76 bits per heavy atom. The van der Waals surface area contributed by atoms with Crippen molar-refractivity contribution in [2.24, 2.45) is 0 Å². The number of benzene rings is 1. The third kappa shape index (κ3) is 4.16. The number of H-pyrrole nitrogens is 1. The third-order valence-electron chi connectivity index (χ3n) is 3.66. The minimum Gasteiger partial charge on any atom is -0.363 e. The first kappa shape index (κ1) is 17.0. The molecule has 0 fully saturated rings. The molecule has 1 aromatic carbocycles. The molecular weight excluding hydrogens is 338 g/mol. The van der Waals surface area contributed by atoms with Gasteiger partial charge in [-0.25, -0.2) is 4.98 Å². The van der Waals surface area contributed by atoms with Crippen LogP contribution >= 0.6 is 11.6 Å². The highest BCUT2D eigenvalue weighted by atomic mass is 35.5. The number of halogens is 1. The highest BCUT2D eigenvalue weighted by molar-refractivity contribution is 6.30. The van der Waals surface area contributed by atoms with E-state index in [2.05, 4.69) is 20.5 Å². The molecule has 0 atom stereocenters. The van der Waals surface area contributed by atoms with E-state index in [0.717, 1.165) is 16.9 Å². The maximum atomic E-state index is 12.3. The van der Waals surface area contributed by atoms with Gasteiger partial charge in [-0.1, -0.05) is 29.8 Å². The topological polar surface area (TPSA) is 73.9 Å². The van der Waals surface area contributed by atoms with Crippen LogP contribution < -0.4 is 10.2 Å². The van der Waals surface area contributed by atoms with Crippen LogP contribution in [0.25, 0.3) is 11.3 Å². The predicted molar refractivity (Wildman–Crippen MR) is 98.8 cm³/mol. The second kappa shape index (κ2) is 7.36. The Labute approximate surface area is 150 Å². The van der Waals surface area contributed by atoms with Gasteiger partial charge in [0.1, 0.15) is 11.5 Å². The number of aromatic nitrogens is 3. The molecule has 2 heterocycles. The first-order valence-corrected chi connectivity index (χ1v) is 8.12. The fourth-order valence-corrected chi connectivity index (χ4v) is 2.49. The Hall–Kier alpha value is -2.86. The first-order valence-electron chi connectivity index (χ1n) is 7.75. The Morgan fingerprint density at radius 1 is 1.24 bits per heavy atom. The lowest BCUT2D eigenvalue weighted by atomic mass is 10.1. The van der Waals surface area contributed by atoms with E-state index in [1.807, 2.05) is 43.3 Å². The van der Waals surface area contributed by atoms with E-state index in [0.29, 0.717) is 23.0 Å². The summed E-state index contributed by atoms with van der Waals surface area (Å²) in [7, 11) is 3.86. The van der Waals surface area contributed by atoms with Crippen molar-refractivity contribution in [1.29, 1.82) is 0 Å². The summed E-state index contributed by atoms with van der Waals surface area (Å²) in [5.41, 5.74) is 2.84. The van der Waals surface area contributed by atoms with Crippen molar-refractivity contribution in [1.82, 2.24) is 20.5 Å². The molecule has 1 amide bonds. The largest absolute Gasteiger partial charge is 0.363 e. The van der Waals surface area contributed by atoms with Gasteiger partial charge in [0.25, 0.3) is 5.91 Å². The molecule has 7 heteroatoms. The predicted octanol–water partition coefficient (Wildman–Crippen LogP) is 3.12. The van der Waals surface area contributed by atoms with Gasteiger partial charge in [0, 0.05) is 37.4 Å². The quantitative estimate of drug-likeness (QED) is 0.737. The van der Waals surface area contributed by atoms with Gasteiger partial charge in [0.2, 0.25) is 0 Å². The zero-order valence-corrected chi connectivity index (χ0v) is 14.7. The van der Waals surface area contributed by atoms with Crippen LogP contribution in [0.2, 0.25) is 5.02 Å². The molecule has 0 aliphatic rings. The molecule has 0 saturated carbocycles.